The number of nitrogens with two attached hydrogens (primary N) is 1. The average Bonchev–Trinajstić information content (AvgIpc) is 3.14. The SMILES string of the molecule is NC1=N[N+]2(Nc3ccccc3)C=NC(c3ccco3)=NC2=C1. The molecule has 0 saturated carbocycles. The van der Waals surface area contributed by atoms with E-state index in [9.17, 15) is 0 Å². The molecule has 3 heterocycles. The summed E-state index contributed by atoms with van der Waals surface area (Å²) in [6, 6.07) is 13.3. The lowest BCUT2D eigenvalue weighted by Crippen LogP contribution is -2.46. The second-order valence-electron chi connectivity index (χ2n) is 4.85. The van der Waals surface area contributed by atoms with Gasteiger partial charge in [0.15, 0.2) is 11.6 Å². The summed E-state index contributed by atoms with van der Waals surface area (Å²) in [5.41, 5.74) is 10.0. The Morgan fingerprint density at radius 3 is 2.73 bits per heavy atom. The zero-order valence-electron chi connectivity index (χ0n) is 11.5. The van der Waals surface area contributed by atoms with Crippen molar-refractivity contribution < 1.29 is 9.12 Å². The first kappa shape index (κ1) is 12.5. The monoisotopic (exact) mass is 293 g/mol. The number of furan rings is 1. The minimum absolute atomic E-state index is 0.0972. The van der Waals surface area contributed by atoms with Gasteiger partial charge in [0.05, 0.1) is 18.0 Å². The number of hydrogen-bond donors (Lipinski definition) is 2. The highest BCUT2D eigenvalue weighted by molar-refractivity contribution is 6.03. The molecule has 2 aromatic rings. The number of fused-ring (bicyclic) bond motifs is 1. The third-order valence-electron chi connectivity index (χ3n) is 3.28. The van der Waals surface area contributed by atoms with E-state index in [1.807, 2.05) is 30.3 Å². The first-order valence-corrected chi connectivity index (χ1v) is 6.73. The maximum atomic E-state index is 5.86. The number of aliphatic imine (C=N–C) groups is 2. The zero-order valence-corrected chi connectivity index (χ0v) is 11.5. The normalized spacial score (nSPS) is 22.6. The number of nitrogens with zero attached hydrogens (tertiary/aromatic N) is 4. The number of benzene rings is 1. The van der Waals surface area contributed by atoms with E-state index < -0.39 is 0 Å². The fraction of sp³-hybridized carbons (Fsp3) is 0. The Balaban J connectivity index is 1.72. The molecule has 0 fully saturated rings. The van der Waals surface area contributed by atoms with Gasteiger partial charge in [0, 0.05) is 0 Å². The van der Waals surface area contributed by atoms with E-state index in [1.54, 1.807) is 30.8 Å². The van der Waals surface area contributed by atoms with E-state index in [-0.39, 0.29) is 4.70 Å². The van der Waals surface area contributed by atoms with Crippen LogP contribution < -0.4 is 11.2 Å². The fourth-order valence-electron chi connectivity index (χ4n) is 2.31. The molecule has 0 amide bonds. The van der Waals surface area contributed by atoms with Crippen LogP contribution in [0, 0.1) is 0 Å². The number of quaternary nitrogens is 1. The Hall–Kier alpha value is -3.19. The summed E-state index contributed by atoms with van der Waals surface area (Å²) in [7, 11) is 0. The molecule has 1 atom stereocenters. The molecule has 0 aliphatic carbocycles. The minimum atomic E-state index is -0.0972. The maximum absolute atomic E-state index is 5.86. The summed E-state index contributed by atoms with van der Waals surface area (Å²) in [6.45, 7) is 0. The van der Waals surface area contributed by atoms with Gasteiger partial charge in [0.2, 0.25) is 5.84 Å². The van der Waals surface area contributed by atoms with Gasteiger partial charge in [0.25, 0.3) is 12.2 Å². The summed E-state index contributed by atoms with van der Waals surface area (Å²) < 4.78 is 5.23. The van der Waals surface area contributed by atoms with Crippen molar-refractivity contribution in [3.05, 3.63) is 66.4 Å². The van der Waals surface area contributed by atoms with E-state index in [0.29, 0.717) is 23.3 Å². The highest BCUT2D eigenvalue weighted by Crippen LogP contribution is 2.28. The minimum Gasteiger partial charge on any atom is -0.461 e. The third-order valence-corrected chi connectivity index (χ3v) is 3.28. The summed E-state index contributed by atoms with van der Waals surface area (Å²) in [4.78, 5) is 8.86. The van der Waals surface area contributed by atoms with Crippen LogP contribution in [-0.2, 0) is 0 Å². The largest absolute Gasteiger partial charge is 0.461 e. The van der Waals surface area contributed by atoms with Crippen molar-refractivity contribution in [3.8, 4) is 0 Å². The van der Waals surface area contributed by atoms with Crippen molar-refractivity contribution in [2.45, 2.75) is 0 Å². The Bertz CT molecular complexity index is 819. The maximum Gasteiger partial charge on any atom is 0.292 e. The van der Waals surface area contributed by atoms with E-state index >= 15 is 0 Å². The fourth-order valence-corrected chi connectivity index (χ4v) is 2.31. The molecule has 2 aliphatic heterocycles. The number of hydrogen-bond acceptors (Lipinski definition) is 6. The van der Waals surface area contributed by atoms with Gasteiger partial charge in [-0.15, -0.1) is 0 Å². The summed E-state index contributed by atoms with van der Waals surface area (Å²) >= 11 is 0. The van der Waals surface area contributed by atoms with Gasteiger partial charge in [0.1, 0.15) is 0 Å². The first-order valence-electron chi connectivity index (χ1n) is 6.73. The lowest BCUT2D eigenvalue weighted by molar-refractivity contribution is -0.777. The van der Waals surface area contributed by atoms with Crippen molar-refractivity contribution in [3.63, 3.8) is 0 Å². The summed E-state index contributed by atoms with van der Waals surface area (Å²) in [5, 5.41) is 4.39. The van der Waals surface area contributed by atoms with Gasteiger partial charge in [-0.1, -0.05) is 18.2 Å². The Labute approximate surface area is 126 Å². The van der Waals surface area contributed by atoms with Gasteiger partial charge in [-0.25, -0.2) is 0 Å². The predicted octanol–water partition coefficient (Wildman–Crippen LogP) is 2.04. The molecule has 0 radical (unpaired) electrons. The highest BCUT2D eigenvalue weighted by atomic mass is 16.3. The number of rotatable bonds is 3. The molecule has 1 aromatic heterocycles. The van der Waals surface area contributed by atoms with Crippen molar-refractivity contribution in [1.29, 1.82) is 0 Å². The van der Waals surface area contributed by atoms with Crippen LogP contribution in [0.25, 0.3) is 0 Å². The van der Waals surface area contributed by atoms with Crippen LogP contribution in [-0.4, -0.2) is 22.7 Å². The van der Waals surface area contributed by atoms with Crippen LogP contribution in [0.1, 0.15) is 5.76 Å². The molecule has 7 nitrogen and oxygen atoms in total. The topological polar surface area (TPSA) is 88.3 Å². The standard InChI is InChI=1S/C15H13N6O/c16-13-9-14-18-15(12-7-4-8-22-12)17-10-21(14,20-13)19-11-5-2-1-3-6-11/h1-10,19H,(H2,16,20)/q+1. The van der Waals surface area contributed by atoms with Crippen molar-refractivity contribution in [1.82, 2.24) is 0 Å². The average molecular weight is 293 g/mol. The molecule has 0 saturated heterocycles. The molecule has 108 valence electrons. The van der Waals surface area contributed by atoms with Gasteiger partial charge in [-0.3, -0.25) is 0 Å². The molecule has 1 aromatic carbocycles. The lowest BCUT2D eigenvalue weighted by atomic mass is 10.3. The summed E-state index contributed by atoms with van der Waals surface area (Å²) in [6.07, 6.45) is 4.94. The molecule has 0 bridgehead atoms. The summed E-state index contributed by atoms with van der Waals surface area (Å²) in [5.74, 6) is 2.10. The van der Waals surface area contributed by atoms with E-state index in [4.69, 9.17) is 10.2 Å². The van der Waals surface area contributed by atoms with E-state index in [2.05, 4.69) is 20.5 Å². The van der Waals surface area contributed by atoms with Crippen molar-refractivity contribution in [2.75, 3.05) is 5.43 Å². The Morgan fingerprint density at radius 2 is 1.95 bits per heavy atom. The molecule has 3 N–H and O–H groups in total. The van der Waals surface area contributed by atoms with E-state index in [0.717, 1.165) is 5.69 Å². The Kier molecular flexibility index (Phi) is 2.67. The molecule has 2 aliphatic rings. The van der Waals surface area contributed by atoms with Crippen LogP contribution in [0.5, 0.6) is 0 Å². The molecular weight excluding hydrogens is 280 g/mol. The molecule has 0 spiro atoms. The second kappa shape index (κ2) is 4.68. The van der Waals surface area contributed by atoms with Crippen LogP contribution in [0.3, 0.4) is 0 Å². The molecule has 1 unspecified atom stereocenters. The Morgan fingerprint density at radius 1 is 1.09 bits per heavy atom. The smallest absolute Gasteiger partial charge is 0.292 e. The van der Waals surface area contributed by atoms with Gasteiger partial charge >= 0.3 is 0 Å². The number of nitrogens with one attached hydrogen (secondary N) is 1. The molecule has 4 rings (SSSR count). The first-order chi connectivity index (χ1) is 10.8. The number of para-hydroxylation sites is 1. The number of amidine groups is 2. The third kappa shape index (κ3) is 2.00. The quantitative estimate of drug-likeness (QED) is 0.849. The molecule has 22 heavy (non-hydrogen) atoms. The molecular formula is C15H13N6O+. The van der Waals surface area contributed by atoms with Crippen LogP contribution in [0.4, 0.5) is 5.69 Å². The molecule has 7 heteroatoms. The highest BCUT2D eigenvalue weighted by Gasteiger charge is 2.42. The van der Waals surface area contributed by atoms with Crippen LogP contribution in [0.2, 0.25) is 0 Å². The second-order valence-corrected chi connectivity index (χ2v) is 4.85. The van der Waals surface area contributed by atoms with Gasteiger partial charge < -0.3 is 10.2 Å². The number of anilines is 1. The predicted molar refractivity (Wildman–Crippen MR) is 83.8 cm³/mol. The van der Waals surface area contributed by atoms with Gasteiger partial charge in [-0.05, 0) is 34.1 Å². The lowest BCUT2D eigenvalue weighted by Gasteiger charge is -2.25. The van der Waals surface area contributed by atoms with Crippen molar-refractivity contribution >= 4 is 23.7 Å². The van der Waals surface area contributed by atoms with Crippen LogP contribution >= 0.6 is 0 Å². The van der Waals surface area contributed by atoms with Gasteiger partial charge in [-0.2, -0.15) is 15.4 Å². The van der Waals surface area contributed by atoms with E-state index in [1.165, 1.54) is 0 Å². The van der Waals surface area contributed by atoms with Crippen LogP contribution in [0.15, 0.2) is 80.1 Å². The zero-order chi connectivity index (χ0) is 15.0. The van der Waals surface area contributed by atoms with Crippen molar-refractivity contribution in [2.24, 2.45) is 20.8 Å².